The molecular formula is C14H18FN. The summed E-state index contributed by atoms with van der Waals surface area (Å²) in [7, 11) is 0. The molecule has 2 heterocycles. The number of nitrogens with one attached hydrogen (secondary N) is 1. The molecule has 16 heavy (non-hydrogen) atoms. The molecule has 2 heteroatoms. The molecule has 0 aliphatic carbocycles. The van der Waals surface area contributed by atoms with Crippen LogP contribution in [0.2, 0.25) is 0 Å². The average Bonchev–Trinajstić information content (AvgIpc) is 2.59. The Balaban J connectivity index is 1.74. The molecule has 2 fully saturated rings. The molecule has 2 unspecified atom stereocenters. The Morgan fingerprint density at radius 1 is 1.12 bits per heavy atom. The highest BCUT2D eigenvalue weighted by atomic mass is 19.1. The monoisotopic (exact) mass is 219 g/mol. The van der Waals surface area contributed by atoms with Crippen LogP contribution >= 0.6 is 0 Å². The number of benzene rings is 1. The molecule has 2 saturated heterocycles. The molecule has 1 nitrogen and oxygen atoms in total. The first kappa shape index (κ1) is 10.3. The lowest BCUT2D eigenvalue weighted by molar-refractivity contribution is 0.0894. The minimum atomic E-state index is -0.974. The molecule has 1 aromatic rings. The fourth-order valence-corrected chi connectivity index (χ4v) is 3.30. The number of alkyl halides is 1. The van der Waals surface area contributed by atoms with Gasteiger partial charge in [0.05, 0.1) is 0 Å². The summed E-state index contributed by atoms with van der Waals surface area (Å²) in [5.41, 5.74) is 0.157. The molecule has 0 amide bonds. The van der Waals surface area contributed by atoms with Crippen molar-refractivity contribution in [1.82, 2.24) is 5.32 Å². The lowest BCUT2D eigenvalue weighted by atomic mass is 9.84. The summed E-state index contributed by atoms with van der Waals surface area (Å²) in [6, 6.07) is 10.9. The third-order valence-electron chi connectivity index (χ3n) is 3.92. The van der Waals surface area contributed by atoms with Gasteiger partial charge in [0.25, 0.3) is 0 Å². The van der Waals surface area contributed by atoms with E-state index in [1.807, 2.05) is 30.3 Å². The predicted octanol–water partition coefficient (Wildman–Crippen LogP) is 2.85. The molecule has 1 aromatic carbocycles. The first-order chi connectivity index (χ1) is 7.73. The summed E-state index contributed by atoms with van der Waals surface area (Å²) in [5, 5.41) is 3.49. The molecule has 2 bridgehead atoms. The number of rotatable bonds is 2. The van der Waals surface area contributed by atoms with Gasteiger partial charge in [0, 0.05) is 18.5 Å². The fourth-order valence-electron chi connectivity index (χ4n) is 3.30. The van der Waals surface area contributed by atoms with E-state index in [1.54, 1.807) is 0 Å². The van der Waals surface area contributed by atoms with Crippen molar-refractivity contribution in [3.8, 4) is 0 Å². The molecule has 1 N–H and O–H groups in total. The van der Waals surface area contributed by atoms with Crippen molar-refractivity contribution in [2.45, 2.75) is 49.9 Å². The lowest BCUT2D eigenvalue weighted by Gasteiger charge is -2.35. The zero-order valence-electron chi connectivity index (χ0n) is 9.45. The fraction of sp³-hybridized carbons (Fsp3) is 0.571. The summed E-state index contributed by atoms with van der Waals surface area (Å²) in [6.45, 7) is 0. The van der Waals surface area contributed by atoms with Crippen LogP contribution in [0.3, 0.4) is 0 Å². The van der Waals surface area contributed by atoms with Crippen molar-refractivity contribution >= 4 is 0 Å². The van der Waals surface area contributed by atoms with Crippen LogP contribution in [0.15, 0.2) is 30.3 Å². The maximum Gasteiger partial charge on any atom is 0.118 e. The average molecular weight is 219 g/mol. The van der Waals surface area contributed by atoms with Gasteiger partial charge in [-0.1, -0.05) is 30.3 Å². The van der Waals surface area contributed by atoms with Crippen LogP contribution in [0.25, 0.3) is 0 Å². The molecule has 0 spiro atoms. The third kappa shape index (κ3) is 1.99. The number of hydrogen-bond donors (Lipinski definition) is 1. The van der Waals surface area contributed by atoms with Crippen molar-refractivity contribution in [3.05, 3.63) is 35.9 Å². The van der Waals surface area contributed by atoms with Gasteiger partial charge in [-0.3, -0.25) is 0 Å². The Morgan fingerprint density at radius 2 is 1.75 bits per heavy atom. The molecule has 0 saturated carbocycles. The Labute approximate surface area is 96.1 Å². The normalized spacial score (nSPS) is 37.6. The van der Waals surface area contributed by atoms with Gasteiger partial charge in [-0.15, -0.1) is 0 Å². The van der Waals surface area contributed by atoms with Crippen molar-refractivity contribution in [2.24, 2.45) is 0 Å². The van der Waals surface area contributed by atoms with Crippen LogP contribution in [0.5, 0.6) is 0 Å². The highest BCUT2D eigenvalue weighted by Gasteiger charge is 2.43. The van der Waals surface area contributed by atoms with Crippen LogP contribution < -0.4 is 5.32 Å². The van der Waals surface area contributed by atoms with Crippen molar-refractivity contribution in [1.29, 1.82) is 0 Å². The van der Waals surface area contributed by atoms with E-state index in [9.17, 15) is 4.39 Å². The second-order valence-electron chi connectivity index (χ2n) is 5.36. The van der Waals surface area contributed by atoms with Crippen LogP contribution in [0, 0.1) is 0 Å². The Hall–Kier alpha value is -0.890. The summed E-state index contributed by atoms with van der Waals surface area (Å²) in [6.07, 6.45) is 4.29. The molecule has 2 aliphatic heterocycles. The zero-order valence-corrected chi connectivity index (χ0v) is 9.45. The van der Waals surface area contributed by atoms with Crippen LogP contribution in [0.1, 0.15) is 31.2 Å². The minimum Gasteiger partial charge on any atom is -0.311 e. The Bertz CT molecular complexity index is 350. The summed E-state index contributed by atoms with van der Waals surface area (Å²) in [5.74, 6) is 0. The van der Waals surface area contributed by atoms with Gasteiger partial charge < -0.3 is 5.32 Å². The molecule has 0 radical (unpaired) electrons. The largest absolute Gasteiger partial charge is 0.311 e. The zero-order chi connectivity index (χ0) is 11.0. The first-order valence-corrected chi connectivity index (χ1v) is 6.22. The number of fused-ring (bicyclic) bond motifs is 2. The predicted molar refractivity (Wildman–Crippen MR) is 63.2 cm³/mol. The number of halogens is 1. The van der Waals surface area contributed by atoms with Gasteiger partial charge in [-0.05, 0) is 31.2 Å². The second kappa shape index (κ2) is 3.85. The van der Waals surface area contributed by atoms with E-state index in [-0.39, 0.29) is 0 Å². The van der Waals surface area contributed by atoms with Gasteiger partial charge in [-0.2, -0.15) is 0 Å². The highest BCUT2D eigenvalue weighted by molar-refractivity contribution is 5.18. The standard InChI is InChI=1S/C14H18FN/c15-14(8-11-4-2-1-3-5-11)9-12-6-7-13(10-14)16-12/h1-5,12-13,16H,6-10H2. The molecular weight excluding hydrogens is 201 g/mol. The molecule has 2 aliphatic rings. The maximum atomic E-state index is 14.8. The van der Waals surface area contributed by atoms with Crippen molar-refractivity contribution in [2.75, 3.05) is 0 Å². The van der Waals surface area contributed by atoms with Gasteiger partial charge in [0.15, 0.2) is 0 Å². The molecule has 0 aromatic heterocycles. The van der Waals surface area contributed by atoms with E-state index >= 15 is 0 Å². The smallest absolute Gasteiger partial charge is 0.118 e. The van der Waals surface area contributed by atoms with E-state index in [1.165, 1.54) is 0 Å². The second-order valence-corrected chi connectivity index (χ2v) is 5.36. The number of hydrogen-bond acceptors (Lipinski definition) is 1. The maximum absolute atomic E-state index is 14.8. The Morgan fingerprint density at radius 3 is 2.38 bits per heavy atom. The summed E-state index contributed by atoms with van der Waals surface area (Å²) < 4.78 is 14.8. The van der Waals surface area contributed by atoms with Gasteiger partial charge in [0.2, 0.25) is 0 Å². The topological polar surface area (TPSA) is 12.0 Å². The van der Waals surface area contributed by atoms with Crippen LogP contribution in [-0.2, 0) is 6.42 Å². The first-order valence-electron chi connectivity index (χ1n) is 6.22. The van der Waals surface area contributed by atoms with Crippen LogP contribution in [0.4, 0.5) is 4.39 Å². The van der Waals surface area contributed by atoms with Gasteiger partial charge in [-0.25, -0.2) is 4.39 Å². The SMILES string of the molecule is FC1(Cc2ccccc2)CC2CCC(C1)N2. The number of piperidine rings is 1. The van der Waals surface area contributed by atoms with Crippen molar-refractivity contribution in [3.63, 3.8) is 0 Å². The van der Waals surface area contributed by atoms with Gasteiger partial charge in [0.1, 0.15) is 5.67 Å². The molecule has 2 atom stereocenters. The van der Waals surface area contributed by atoms with Crippen LogP contribution in [-0.4, -0.2) is 17.8 Å². The lowest BCUT2D eigenvalue weighted by Crippen LogP contribution is -2.47. The van der Waals surface area contributed by atoms with E-state index in [4.69, 9.17) is 0 Å². The highest BCUT2D eigenvalue weighted by Crippen LogP contribution is 2.38. The molecule has 3 rings (SSSR count). The van der Waals surface area contributed by atoms with Gasteiger partial charge >= 0.3 is 0 Å². The molecule has 86 valence electrons. The van der Waals surface area contributed by atoms with E-state index in [0.717, 1.165) is 18.4 Å². The third-order valence-corrected chi connectivity index (χ3v) is 3.92. The van der Waals surface area contributed by atoms with Crippen molar-refractivity contribution < 1.29 is 4.39 Å². The van der Waals surface area contributed by atoms with E-state index in [0.29, 0.717) is 31.3 Å². The van der Waals surface area contributed by atoms with E-state index in [2.05, 4.69) is 5.32 Å². The summed E-state index contributed by atoms with van der Waals surface area (Å²) >= 11 is 0. The van der Waals surface area contributed by atoms with E-state index < -0.39 is 5.67 Å². The Kier molecular flexibility index (Phi) is 2.47. The minimum absolute atomic E-state index is 0.424. The quantitative estimate of drug-likeness (QED) is 0.806. The summed E-state index contributed by atoms with van der Waals surface area (Å²) in [4.78, 5) is 0.